The molecule has 110 valence electrons. The van der Waals surface area contributed by atoms with Gasteiger partial charge < -0.3 is 11.5 Å². The molecular weight excluding hydrogens is 291 g/mol. The Morgan fingerprint density at radius 1 is 1.10 bits per heavy atom. The van der Waals surface area contributed by atoms with Crippen LogP contribution in [0.3, 0.4) is 0 Å². The van der Waals surface area contributed by atoms with Gasteiger partial charge in [-0.25, -0.2) is 9.67 Å². The van der Waals surface area contributed by atoms with Crippen molar-refractivity contribution >= 4 is 11.8 Å². The third kappa shape index (κ3) is 2.83. The number of pyridine rings is 1. The average molecular weight is 299 g/mol. The van der Waals surface area contributed by atoms with E-state index in [1.807, 2.05) is 0 Å². The number of hydrogen-bond acceptors (Lipinski definition) is 4. The summed E-state index contributed by atoms with van der Waals surface area (Å²) in [5.74, 6) is -2.30. The van der Waals surface area contributed by atoms with Crippen LogP contribution in [0.5, 0.6) is 0 Å². The number of primary amides is 2. The van der Waals surface area contributed by atoms with Crippen LogP contribution in [0.1, 0.15) is 26.5 Å². The lowest BCUT2D eigenvalue weighted by Crippen LogP contribution is -2.19. The van der Waals surface area contributed by atoms with E-state index in [-0.39, 0.29) is 11.3 Å². The van der Waals surface area contributed by atoms with E-state index in [1.165, 1.54) is 6.07 Å². The number of amides is 2. The molecule has 2 heterocycles. The minimum Gasteiger partial charge on any atom is -0.365 e. The second-order valence-electron chi connectivity index (χ2n) is 3.94. The lowest BCUT2D eigenvalue weighted by Gasteiger charge is -2.10. The minimum absolute atomic E-state index is 0.190. The second kappa shape index (κ2) is 4.89. The molecule has 0 unspecified atom stereocenters. The molecule has 0 fully saturated rings. The number of halogens is 3. The zero-order chi connectivity index (χ0) is 15.8. The van der Waals surface area contributed by atoms with Gasteiger partial charge in [-0.15, -0.1) is 0 Å². The maximum absolute atomic E-state index is 12.7. The van der Waals surface area contributed by atoms with E-state index in [1.54, 1.807) is 0 Å². The summed E-state index contributed by atoms with van der Waals surface area (Å²) >= 11 is 0. The highest BCUT2D eigenvalue weighted by Crippen LogP contribution is 2.29. The van der Waals surface area contributed by atoms with E-state index in [4.69, 9.17) is 11.5 Å². The Labute approximate surface area is 115 Å². The van der Waals surface area contributed by atoms with Crippen molar-refractivity contribution in [1.82, 2.24) is 14.8 Å². The fourth-order valence-electron chi connectivity index (χ4n) is 1.55. The highest BCUT2D eigenvalue weighted by atomic mass is 19.4. The molecule has 0 aliphatic carbocycles. The van der Waals surface area contributed by atoms with Gasteiger partial charge in [0.05, 0.1) is 5.56 Å². The van der Waals surface area contributed by atoms with Gasteiger partial charge in [-0.05, 0) is 18.2 Å². The maximum Gasteiger partial charge on any atom is 0.433 e. The molecule has 0 aromatic carbocycles. The Balaban J connectivity index is 2.62. The summed E-state index contributed by atoms with van der Waals surface area (Å²) < 4.78 is 38.8. The van der Waals surface area contributed by atoms with Gasteiger partial charge in [0.1, 0.15) is 11.4 Å². The van der Waals surface area contributed by atoms with Crippen molar-refractivity contribution in [2.24, 2.45) is 11.5 Å². The van der Waals surface area contributed by atoms with Gasteiger partial charge in [0.15, 0.2) is 5.82 Å². The Morgan fingerprint density at radius 2 is 1.76 bits per heavy atom. The molecule has 0 radical (unpaired) electrons. The molecule has 0 spiro atoms. The smallest absolute Gasteiger partial charge is 0.365 e. The average Bonchev–Trinajstić information content (AvgIpc) is 2.86. The van der Waals surface area contributed by atoms with Gasteiger partial charge in [-0.2, -0.15) is 18.3 Å². The van der Waals surface area contributed by atoms with E-state index in [0.29, 0.717) is 6.07 Å². The fourth-order valence-corrected chi connectivity index (χ4v) is 1.55. The molecule has 2 aromatic heterocycles. The molecule has 7 nitrogen and oxygen atoms in total. The molecule has 0 atom stereocenters. The minimum atomic E-state index is -4.70. The zero-order valence-electron chi connectivity index (χ0n) is 10.3. The fraction of sp³-hybridized carbons (Fsp3) is 0.0909. The van der Waals surface area contributed by atoms with Gasteiger partial charge in [0.2, 0.25) is 0 Å². The highest BCUT2D eigenvalue weighted by Gasteiger charge is 2.33. The van der Waals surface area contributed by atoms with E-state index in [9.17, 15) is 22.8 Å². The van der Waals surface area contributed by atoms with Crippen molar-refractivity contribution in [1.29, 1.82) is 0 Å². The third-order valence-electron chi connectivity index (χ3n) is 2.49. The molecule has 21 heavy (non-hydrogen) atoms. The molecule has 10 heteroatoms. The quantitative estimate of drug-likeness (QED) is 0.857. The first kappa shape index (κ1) is 14.5. The van der Waals surface area contributed by atoms with Gasteiger partial charge in [-0.3, -0.25) is 9.59 Å². The molecule has 0 saturated carbocycles. The molecule has 2 rings (SSSR count). The normalized spacial score (nSPS) is 11.4. The van der Waals surface area contributed by atoms with E-state index in [0.717, 1.165) is 16.9 Å². The molecule has 0 saturated heterocycles. The molecular formula is C11H8F3N5O2. The number of nitrogens with two attached hydrogens (primary N) is 2. The summed E-state index contributed by atoms with van der Waals surface area (Å²) in [5.41, 5.74) is 8.39. The maximum atomic E-state index is 12.7. The molecule has 0 bridgehead atoms. The van der Waals surface area contributed by atoms with Crippen LogP contribution in [0.2, 0.25) is 0 Å². The lowest BCUT2D eigenvalue weighted by atomic mass is 10.2. The SMILES string of the molecule is NC(=O)c1ccn(-c2nc(C(F)(F)F)ccc2C(N)=O)n1. The summed E-state index contributed by atoms with van der Waals surface area (Å²) in [6, 6.07) is 2.69. The van der Waals surface area contributed by atoms with Crippen LogP contribution >= 0.6 is 0 Å². The van der Waals surface area contributed by atoms with Crippen LogP contribution in [0, 0.1) is 0 Å². The van der Waals surface area contributed by atoms with Gasteiger partial charge in [0, 0.05) is 6.20 Å². The van der Waals surface area contributed by atoms with Gasteiger partial charge in [-0.1, -0.05) is 0 Å². The van der Waals surface area contributed by atoms with Crippen LogP contribution in [0.25, 0.3) is 5.82 Å². The molecule has 2 amide bonds. The number of hydrogen-bond donors (Lipinski definition) is 2. The van der Waals surface area contributed by atoms with Crippen molar-refractivity contribution in [3.05, 3.63) is 41.3 Å². The molecule has 2 aromatic rings. The number of carbonyl (C=O) groups is 2. The first-order chi connectivity index (χ1) is 9.70. The first-order valence-corrected chi connectivity index (χ1v) is 5.44. The Morgan fingerprint density at radius 3 is 2.24 bits per heavy atom. The standard InChI is InChI=1S/C11H8F3N5O2/c12-11(13,14)7-2-1-5(8(15)20)10(17-7)19-4-3-6(18-19)9(16)21/h1-4H,(H2,15,20)(H2,16,21). The van der Waals surface area contributed by atoms with Crippen molar-refractivity contribution in [3.8, 4) is 5.82 Å². The van der Waals surface area contributed by atoms with Crippen LogP contribution in [-0.4, -0.2) is 26.6 Å². The predicted molar refractivity (Wildman–Crippen MR) is 63.4 cm³/mol. The monoisotopic (exact) mass is 299 g/mol. The van der Waals surface area contributed by atoms with Gasteiger partial charge >= 0.3 is 6.18 Å². The molecule has 0 aliphatic heterocycles. The van der Waals surface area contributed by atoms with Crippen LogP contribution in [-0.2, 0) is 6.18 Å². The number of nitrogens with zero attached hydrogens (tertiary/aromatic N) is 3. The Hall–Kier alpha value is -2.91. The lowest BCUT2D eigenvalue weighted by molar-refractivity contribution is -0.141. The van der Waals surface area contributed by atoms with Crippen LogP contribution < -0.4 is 11.5 Å². The van der Waals surface area contributed by atoms with Crippen molar-refractivity contribution in [3.63, 3.8) is 0 Å². The van der Waals surface area contributed by atoms with Crippen LogP contribution in [0.15, 0.2) is 24.4 Å². The molecule has 4 N–H and O–H groups in total. The zero-order valence-corrected chi connectivity index (χ0v) is 10.3. The van der Waals surface area contributed by atoms with Crippen molar-refractivity contribution < 1.29 is 22.8 Å². The predicted octanol–water partition coefficient (Wildman–Crippen LogP) is 0.484. The van der Waals surface area contributed by atoms with E-state index in [2.05, 4.69) is 10.1 Å². The largest absolute Gasteiger partial charge is 0.433 e. The highest BCUT2D eigenvalue weighted by molar-refractivity contribution is 5.96. The van der Waals surface area contributed by atoms with Crippen molar-refractivity contribution in [2.45, 2.75) is 6.18 Å². The summed E-state index contributed by atoms with van der Waals surface area (Å²) in [6.45, 7) is 0. The number of aromatic nitrogens is 3. The summed E-state index contributed by atoms with van der Waals surface area (Å²) in [7, 11) is 0. The summed E-state index contributed by atoms with van der Waals surface area (Å²) in [4.78, 5) is 25.5. The summed E-state index contributed by atoms with van der Waals surface area (Å²) in [6.07, 6.45) is -3.56. The third-order valence-corrected chi connectivity index (χ3v) is 2.49. The topological polar surface area (TPSA) is 117 Å². The Bertz CT molecular complexity index is 723. The first-order valence-electron chi connectivity index (χ1n) is 5.44. The second-order valence-corrected chi connectivity index (χ2v) is 3.94. The van der Waals surface area contributed by atoms with Gasteiger partial charge in [0.25, 0.3) is 11.8 Å². The number of carbonyl (C=O) groups excluding carboxylic acids is 2. The summed E-state index contributed by atoms with van der Waals surface area (Å²) in [5, 5.41) is 3.65. The number of rotatable bonds is 3. The van der Waals surface area contributed by atoms with Crippen molar-refractivity contribution in [2.75, 3.05) is 0 Å². The van der Waals surface area contributed by atoms with E-state index < -0.39 is 29.5 Å². The van der Waals surface area contributed by atoms with Crippen LogP contribution in [0.4, 0.5) is 13.2 Å². The van der Waals surface area contributed by atoms with E-state index >= 15 is 0 Å². The molecule has 0 aliphatic rings. The Kier molecular flexibility index (Phi) is 3.37. The number of alkyl halides is 3.